The Morgan fingerprint density at radius 2 is 1.77 bits per heavy atom. The zero-order chi connectivity index (χ0) is 18.7. The Bertz CT molecular complexity index is 712. The summed E-state index contributed by atoms with van der Waals surface area (Å²) in [4.78, 5) is 5.07. The standard InChI is InChI=1S/C23H30N2O/c1-5-12-24-15-19(4)25(16-18(24)3)23(20-9-6-8-17(2)13-20)21-10-7-11-22(26)14-21/h5-11,13-14,18-19,23,26H,1,12,15-16H2,2-4H3/t18-,19+,23?/m0/s1. The Balaban J connectivity index is 1.99. The maximum atomic E-state index is 10.1. The number of aromatic hydroxyl groups is 1. The molecule has 1 unspecified atom stereocenters. The highest BCUT2D eigenvalue weighted by atomic mass is 16.3. The molecule has 3 atom stereocenters. The molecule has 1 aliphatic heterocycles. The third kappa shape index (κ3) is 4.00. The van der Waals surface area contributed by atoms with Crippen molar-refractivity contribution in [2.24, 2.45) is 0 Å². The zero-order valence-electron chi connectivity index (χ0n) is 16.1. The number of hydrogen-bond donors (Lipinski definition) is 1. The molecule has 26 heavy (non-hydrogen) atoms. The van der Waals surface area contributed by atoms with Crippen molar-refractivity contribution < 1.29 is 5.11 Å². The lowest BCUT2D eigenvalue weighted by Crippen LogP contribution is -2.57. The second kappa shape index (κ2) is 8.07. The van der Waals surface area contributed by atoms with Crippen molar-refractivity contribution in [3.63, 3.8) is 0 Å². The molecule has 1 heterocycles. The molecule has 0 amide bonds. The van der Waals surface area contributed by atoms with Crippen LogP contribution in [0.15, 0.2) is 61.2 Å². The van der Waals surface area contributed by atoms with Crippen LogP contribution in [-0.4, -0.2) is 46.6 Å². The van der Waals surface area contributed by atoms with Gasteiger partial charge in [-0.3, -0.25) is 9.80 Å². The van der Waals surface area contributed by atoms with Crippen molar-refractivity contribution in [2.75, 3.05) is 19.6 Å². The molecular weight excluding hydrogens is 320 g/mol. The van der Waals surface area contributed by atoms with E-state index in [2.05, 4.69) is 67.5 Å². The minimum atomic E-state index is 0.144. The maximum absolute atomic E-state index is 10.1. The van der Waals surface area contributed by atoms with Gasteiger partial charge >= 0.3 is 0 Å². The number of rotatable bonds is 5. The van der Waals surface area contributed by atoms with Gasteiger partial charge in [-0.2, -0.15) is 0 Å². The normalized spacial score (nSPS) is 22.9. The summed E-state index contributed by atoms with van der Waals surface area (Å²) in [6.45, 7) is 13.6. The number of benzene rings is 2. The van der Waals surface area contributed by atoms with Gasteiger partial charge in [0.15, 0.2) is 0 Å². The van der Waals surface area contributed by atoms with Gasteiger partial charge in [-0.05, 0) is 44.0 Å². The van der Waals surface area contributed by atoms with Crippen molar-refractivity contribution in [2.45, 2.75) is 38.9 Å². The fourth-order valence-electron chi connectivity index (χ4n) is 4.12. The van der Waals surface area contributed by atoms with E-state index in [4.69, 9.17) is 0 Å². The second-order valence-electron chi connectivity index (χ2n) is 7.55. The highest BCUT2D eigenvalue weighted by Gasteiger charge is 2.34. The van der Waals surface area contributed by atoms with Gasteiger partial charge in [-0.1, -0.05) is 48.0 Å². The van der Waals surface area contributed by atoms with Crippen molar-refractivity contribution in [1.29, 1.82) is 0 Å². The Hall–Kier alpha value is -2.10. The smallest absolute Gasteiger partial charge is 0.115 e. The van der Waals surface area contributed by atoms with Crippen LogP contribution in [0.2, 0.25) is 0 Å². The van der Waals surface area contributed by atoms with Crippen LogP contribution in [0.4, 0.5) is 0 Å². The Kier molecular flexibility index (Phi) is 5.80. The lowest BCUT2D eigenvalue weighted by Gasteiger charge is -2.47. The van der Waals surface area contributed by atoms with E-state index in [1.54, 1.807) is 6.07 Å². The van der Waals surface area contributed by atoms with Crippen LogP contribution < -0.4 is 0 Å². The molecule has 2 aromatic rings. The summed E-state index contributed by atoms with van der Waals surface area (Å²) in [6, 6.07) is 17.5. The summed E-state index contributed by atoms with van der Waals surface area (Å²) in [5, 5.41) is 10.1. The summed E-state index contributed by atoms with van der Waals surface area (Å²) < 4.78 is 0. The number of phenols is 1. The molecule has 3 heteroatoms. The first kappa shape index (κ1) is 18.7. The minimum absolute atomic E-state index is 0.144. The third-order valence-corrected chi connectivity index (χ3v) is 5.40. The first-order chi connectivity index (χ1) is 12.5. The molecule has 0 bridgehead atoms. The molecule has 2 aromatic carbocycles. The zero-order valence-corrected chi connectivity index (χ0v) is 16.1. The van der Waals surface area contributed by atoms with E-state index in [0.717, 1.165) is 25.2 Å². The monoisotopic (exact) mass is 350 g/mol. The van der Waals surface area contributed by atoms with Crippen LogP contribution in [0, 0.1) is 6.92 Å². The molecule has 0 aliphatic carbocycles. The fourth-order valence-corrected chi connectivity index (χ4v) is 4.12. The SMILES string of the molecule is C=CCN1C[C@@H](C)N(C(c2cccc(C)c2)c2cccc(O)c2)C[C@@H]1C. The number of nitrogens with zero attached hydrogens (tertiary/aromatic N) is 2. The molecule has 3 nitrogen and oxygen atoms in total. The molecule has 1 aliphatic rings. The van der Waals surface area contributed by atoms with E-state index in [1.165, 1.54) is 11.1 Å². The van der Waals surface area contributed by atoms with Crippen LogP contribution in [0.5, 0.6) is 5.75 Å². The average molecular weight is 351 g/mol. The average Bonchev–Trinajstić information content (AvgIpc) is 2.60. The topological polar surface area (TPSA) is 26.7 Å². The molecule has 0 radical (unpaired) electrons. The van der Waals surface area contributed by atoms with Gasteiger partial charge in [0, 0.05) is 31.7 Å². The number of piperazine rings is 1. The van der Waals surface area contributed by atoms with E-state index in [0.29, 0.717) is 17.8 Å². The van der Waals surface area contributed by atoms with Crippen LogP contribution in [-0.2, 0) is 0 Å². The molecule has 138 valence electrons. The molecule has 1 N–H and O–H groups in total. The van der Waals surface area contributed by atoms with Crippen LogP contribution in [0.25, 0.3) is 0 Å². The number of hydrogen-bond acceptors (Lipinski definition) is 3. The van der Waals surface area contributed by atoms with Crippen LogP contribution in [0.3, 0.4) is 0 Å². The van der Waals surface area contributed by atoms with Crippen molar-refractivity contribution in [3.05, 3.63) is 77.9 Å². The molecule has 0 spiro atoms. The van der Waals surface area contributed by atoms with Gasteiger partial charge < -0.3 is 5.11 Å². The summed E-state index contributed by atoms with van der Waals surface area (Å²) in [5.41, 5.74) is 3.69. The van der Waals surface area contributed by atoms with Gasteiger partial charge in [-0.15, -0.1) is 6.58 Å². The predicted molar refractivity (Wildman–Crippen MR) is 109 cm³/mol. The van der Waals surface area contributed by atoms with E-state index in [1.807, 2.05) is 18.2 Å². The molecular formula is C23H30N2O. The van der Waals surface area contributed by atoms with Crippen LogP contribution >= 0.6 is 0 Å². The lowest BCUT2D eigenvalue weighted by atomic mass is 9.92. The maximum Gasteiger partial charge on any atom is 0.115 e. The van der Waals surface area contributed by atoms with Crippen LogP contribution in [0.1, 0.15) is 36.6 Å². The summed E-state index contributed by atoms with van der Waals surface area (Å²) in [7, 11) is 0. The molecule has 1 fully saturated rings. The van der Waals surface area contributed by atoms with E-state index >= 15 is 0 Å². The fraction of sp³-hybridized carbons (Fsp3) is 0.391. The van der Waals surface area contributed by atoms with Crippen molar-refractivity contribution in [3.8, 4) is 5.75 Å². The van der Waals surface area contributed by atoms with Gasteiger partial charge in [0.25, 0.3) is 0 Å². The summed E-state index contributed by atoms with van der Waals surface area (Å²) in [6.07, 6.45) is 1.99. The predicted octanol–water partition coefficient (Wildman–Crippen LogP) is 4.37. The highest BCUT2D eigenvalue weighted by Crippen LogP contribution is 2.34. The largest absolute Gasteiger partial charge is 0.508 e. The first-order valence-electron chi connectivity index (χ1n) is 9.45. The van der Waals surface area contributed by atoms with Gasteiger partial charge in [0.1, 0.15) is 5.75 Å². The second-order valence-corrected chi connectivity index (χ2v) is 7.55. The molecule has 0 saturated carbocycles. The Morgan fingerprint density at radius 3 is 2.42 bits per heavy atom. The van der Waals surface area contributed by atoms with Crippen molar-refractivity contribution >= 4 is 0 Å². The third-order valence-electron chi connectivity index (χ3n) is 5.40. The number of phenolic OH excluding ortho intramolecular Hbond substituents is 1. The number of aryl methyl sites for hydroxylation is 1. The van der Waals surface area contributed by atoms with Gasteiger partial charge in [-0.25, -0.2) is 0 Å². The Morgan fingerprint density at radius 1 is 1.08 bits per heavy atom. The van der Waals surface area contributed by atoms with E-state index in [-0.39, 0.29) is 6.04 Å². The molecule has 0 aromatic heterocycles. The van der Waals surface area contributed by atoms with E-state index < -0.39 is 0 Å². The minimum Gasteiger partial charge on any atom is -0.508 e. The quantitative estimate of drug-likeness (QED) is 0.811. The van der Waals surface area contributed by atoms with Crippen molar-refractivity contribution in [1.82, 2.24) is 9.80 Å². The molecule has 1 saturated heterocycles. The highest BCUT2D eigenvalue weighted by molar-refractivity contribution is 5.38. The molecule has 3 rings (SSSR count). The van der Waals surface area contributed by atoms with Gasteiger partial charge in [0.05, 0.1) is 6.04 Å². The summed E-state index contributed by atoms with van der Waals surface area (Å²) >= 11 is 0. The van der Waals surface area contributed by atoms with E-state index in [9.17, 15) is 5.11 Å². The summed E-state index contributed by atoms with van der Waals surface area (Å²) in [5.74, 6) is 0.325. The lowest BCUT2D eigenvalue weighted by molar-refractivity contribution is 0.0306. The first-order valence-corrected chi connectivity index (χ1v) is 9.45. The Labute approximate surface area is 157 Å². The van der Waals surface area contributed by atoms with Gasteiger partial charge in [0.2, 0.25) is 0 Å².